The van der Waals surface area contributed by atoms with E-state index in [-0.39, 0.29) is 10.5 Å². The lowest BCUT2D eigenvalue weighted by Crippen LogP contribution is -2.35. The van der Waals surface area contributed by atoms with Crippen molar-refractivity contribution in [1.82, 2.24) is 9.29 Å². The van der Waals surface area contributed by atoms with Gasteiger partial charge in [-0.25, -0.2) is 13.4 Å². The van der Waals surface area contributed by atoms with Crippen LogP contribution in [0.5, 0.6) is 0 Å². The van der Waals surface area contributed by atoms with Crippen molar-refractivity contribution >= 4 is 21.7 Å². The van der Waals surface area contributed by atoms with Crippen LogP contribution in [-0.2, 0) is 14.8 Å². The van der Waals surface area contributed by atoms with Crippen LogP contribution in [0, 0.1) is 18.3 Å². The van der Waals surface area contributed by atoms with Gasteiger partial charge >= 0.3 is 0 Å². The van der Waals surface area contributed by atoms with Crippen LogP contribution in [0.15, 0.2) is 47.5 Å². The number of aryl methyl sites for hydroxylation is 1. The van der Waals surface area contributed by atoms with Gasteiger partial charge in [0, 0.05) is 13.2 Å². The Morgan fingerprint density at radius 2 is 2.00 bits per heavy atom. The Bertz CT molecular complexity index is 886. The van der Waals surface area contributed by atoms with E-state index in [2.05, 4.69) is 10.3 Å². The minimum absolute atomic E-state index is 0.0324. The molecule has 0 radical (unpaired) electrons. The summed E-state index contributed by atoms with van der Waals surface area (Å²) in [6.07, 6.45) is 1.60. The largest absolute Gasteiger partial charge is 0.310 e. The molecule has 0 unspecified atom stereocenters. The lowest BCUT2D eigenvalue weighted by molar-refractivity contribution is -0.116. The van der Waals surface area contributed by atoms with Gasteiger partial charge in [-0.2, -0.15) is 9.57 Å². The van der Waals surface area contributed by atoms with Gasteiger partial charge in [-0.3, -0.25) is 4.79 Å². The Hall–Kier alpha value is -2.76. The number of aromatic nitrogens is 1. The van der Waals surface area contributed by atoms with Crippen LogP contribution in [0.3, 0.4) is 0 Å². The van der Waals surface area contributed by atoms with Gasteiger partial charge in [0.1, 0.15) is 11.9 Å². The molecular formula is C16H16N4O3S. The number of anilines is 1. The van der Waals surface area contributed by atoms with E-state index in [0.717, 1.165) is 9.87 Å². The van der Waals surface area contributed by atoms with Crippen LogP contribution >= 0.6 is 0 Å². The van der Waals surface area contributed by atoms with Gasteiger partial charge in [0.15, 0.2) is 0 Å². The van der Waals surface area contributed by atoms with E-state index in [1.54, 1.807) is 24.4 Å². The van der Waals surface area contributed by atoms with Crippen molar-refractivity contribution in [1.29, 1.82) is 5.26 Å². The average molecular weight is 344 g/mol. The minimum Gasteiger partial charge on any atom is -0.310 e. The third-order valence-corrected chi connectivity index (χ3v) is 5.10. The number of amides is 1. The standard InChI is InChI=1S/C16H16N4O3S/c1-12-7-8-15(18-10-12)19-16(21)11-20(2)24(22,23)14-6-4-3-5-13(14)9-17/h3-8,10H,11H2,1-2H3,(H,18,19,21). The van der Waals surface area contributed by atoms with Gasteiger partial charge in [0.2, 0.25) is 15.9 Å². The summed E-state index contributed by atoms with van der Waals surface area (Å²) in [5, 5.41) is 11.6. The Balaban J connectivity index is 2.13. The highest BCUT2D eigenvalue weighted by atomic mass is 32.2. The van der Waals surface area contributed by atoms with E-state index in [0.29, 0.717) is 5.82 Å². The molecule has 1 heterocycles. The molecule has 2 aromatic rings. The highest BCUT2D eigenvalue weighted by molar-refractivity contribution is 7.89. The van der Waals surface area contributed by atoms with E-state index in [1.165, 1.54) is 25.2 Å². The summed E-state index contributed by atoms with van der Waals surface area (Å²) in [6, 6.07) is 11.1. The summed E-state index contributed by atoms with van der Waals surface area (Å²) < 4.78 is 25.9. The third-order valence-electron chi connectivity index (χ3n) is 3.24. The number of nitrogens with zero attached hydrogens (tertiary/aromatic N) is 3. The number of sulfonamides is 1. The van der Waals surface area contributed by atoms with Crippen molar-refractivity contribution in [3.8, 4) is 6.07 Å². The first-order valence-corrected chi connectivity index (χ1v) is 8.46. The number of likely N-dealkylation sites (N-methyl/N-ethyl adjacent to an activating group) is 1. The molecule has 0 aliphatic heterocycles. The van der Waals surface area contributed by atoms with Gasteiger partial charge in [0.05, 0.1) is 17.0 Å². The molecule has 0 aliphatic carbocycles. The van der Waals surface area contributed by atoms with Gasteiger partial charge in [-0.15, -0.1) is 0 Å². The van der Waals surface area contributed by atoms with Crippen molar-refractivity contribution in [2.75, 3.05) is 18.9 Å². The first kappa shape index (κ1) is 17.6. The average Bonchev–Trinajstić information content (AvgIpc) is 2.56. The molecule has 1 aromatic heterocycles. The maximum absolute atomic E-state index is 12.5. The summed E-state index contributed by atoms with van der Waals surface area (Å²) in [7, 11) is -2.66. The summed E-state index contributed by atoms with van der Waals surface area (Å²) in [5.74, 6) is -0.180. The van der Waals surface area contributed by atoms with Crippen LogP contribution in [0.2, 0.25) is 0 Å². The van der Waals surface area contributed by atoms with Gasteiger partial charge < -0.3 is 5.32 Å². The maximum atomic E-state index is 12.5. The zero-order chi connectivity index (χ0) is 17.7. The van der Waals surface area contributed by atoms with Crippen molar-refractivity contribution in [2.45, 2.75) is 11.8 Å². The summed E-state index contributed by atoms with van der Waals surface area (Å²) >= 11 is 0. The van der Waals surface area contributed by atoms with Crippen molar-refractivity contribution in [3.63, 3.8) is 0 Å². The van der Waals surface area contributed by atoms with Crippen molar-refractivity contribution in [2.24, 2.45) is 0 Å². The van der Waals surface area contributed by atoms with Gasteiger partial charge in [0.25, 0.3) is 0 Å². The third kappa shape index (κ3) is 3.95. The second kappa shape index (κ2) is 7.21. The molecule has 0 saturated carbocycles. The first-order valence-electron chi connectivity index (χ1n) is 7.02. The van der Waals surface area contributed by atoms with E-state index >= 15 is 0 Å². The number of benzene rings is 1. The Labute approximate surface area is 140 Å². The minimum atomic E-state index is -3.95. The lowest BCUT2D eigenvalue weighted by Gasteiger charge is -2.17. The predicted molar refractivity (Wildman–Crippen MR) is 88.6 cm³/mol. The monoisotopic (exact) mass is 344 g/mol. The van der Waals surface area contributed by atoms with Crippen molar-refractivity contribution in [3.05, 3.63) is 53.7 Å². The second-order valence-electron chi connectivity index (χ2n) is 5.14. The molecule has 7 nitrogen and oxygen atoms in total. The summed E-state index contributed by atoms with van der Waals surface area (Å²) in [4.78, 5) is 15.9. The molecule has 0 aliphatic rings. The molecule has 8 heteroatoms. The quantitative estimate of drug-likeness (QED) is 0.886. The number of carbonyl (C=O) groups excluding carboxylic acids is 1. The highest BCUT2D eigenvalue weighted by Gasteiger charge is 2.25. The molecule has 24 heavy (non-hydrogen) atoms. The molecule has 124 valence electrons. The normalized spacial score (nSPS) is 11.1. The predicted octanol–water partition coefficient (Wildman–Crippen LogP) is 1.52. The molecular weight excluding hydrogens is 328 g/mol. The fraction of sp³-hybridized carbons (Fsp3) is 0.188. The topological polar surface area (TPSA) is 103 Å². The van der Waals surface area contributed by atoms with E-state index in [1.807, 2.05) is 13.0 Å². The fourth-order valence-corrected chi connectivity index (χ4v) is 3.23. The molecule has 2 rings (SSSR count). The molecule has 0 saturated heterocycles. The number of nitriles is 1. The maximum Gasteiger partial charge on any atom is 0.244 e. The molecule has 1 aromatic carbocycles. The zero-order valence-electron chi connectivity index (χ0n) is 13.2. The molecule has 1 N–H and O–H groups in total. The van der Waals surface area contributed by atoms with Crippen LogP contribution in [-0.4, -0.2) is 37.2 Å². The highest BCUT2D eigenvalue weighted by Crippen LogP contribution is 2.18. The first-order chi connectivity index (χ1) is 11.3. The number of nitrogens with one attached hydrogen (secondary N) is 1. The molecule has 0 bridgehead atoms. The Morgan fingerprint density at radius 3 is 2.62 bits per heavy atom. The van der Waals surface area contributed by atoms with Crippen LogP contribution in [0.4, 0.5) is 5.82 Å². The number of pyridine rings is 1. The van der Waals surface area contributed by atoms with Gasteiger partial charge in [-0.1, -0.05) is 18.2 Å². The number of carbonyl (C=O) groups is 1. The Kier molecular flexibility index (Phi) is 5.28. The van der Waals surface area contributed by atoms with E-state index < -0.39 is 22.5 Å². The van der Waals surface area contributed by atoms with E-state index in [9.17, 15) is 13.2 Å². The molecule has 0 atom stereocenters. The number of hydrogen-bond acceptors (Lipinski definition) is 5. The zero-order valence-corrected chi connectivity index (χ0v) is 14.0. The lowest BCUT2D eigenvalue weighted by atomic mass is 10.2. The van der Waals surface area contributed by atoms with Crippen LogP contribution in [0.1, 0.15) is 11.1 Å². The molecule has 0 fully saturated rings. The van der Waals surface area contributed by atoms with Gasteiger partial charge in [-0.05, 0) is 30.7 Å². The Morgan fingerprint density at radius 1 is 1.29 bits per heavy atom. The van der Waals surface area contributed by atoms with Crippen LogP contribution in [0.25, 0.3) is 0 Å². The number of rotatable bonds is 5. The number of hydrogen-bond donors (Lipinski definition) is 1. The van der Waals surface area contributed by atoms with E-state index in [4.69, 9.17) is 5.26 Å². The molecule has 1 amide bonds. The van der Waals surface area contributed by atoms with Crippen LogP contribution < -0.4 is 5.32 Å². The smallest absolute Gasteiger partial charge is 0.244 e. The molecule has 0 spiro atoms. The van der Waals surface area contributed by atoms with Crippen molar-refractivity contribution < 1.29 is 13.2 Å². The summed E-state index contributed by atoms with van der Waals surface area (Å²) in [6.45, 7) is 1.48. The fourth-order valence-electron chi connectivity index (χ4n) is 1.96. The second-order valence-corrected chi connectivity index (χ2v) is 7.15. The summed E-state index contributed by atoms with van der Waals surface area (Å²) in [5.41, 5.74) is 0.978. The SMILES string of the molecule is Cc1ccc(NC(=O)CN(C)S(=O)(=O)c2ccccc2C#N)nc1.